The third kappa shape index (κ3) is 2.76. The Hall–Kier alpha value is -1.02. The first-order valence-electron chi connectivity index (χ1n) is 6.16. The minimum atomic E-state index is 0.947. The van der Waals surface area contributed by atoms with E-state index in [9.17, 15) is 0 Å². The predicted octanol–water partition coefficient (Wildman–Crippen LogP) is 2.56. The van der Waals surface area contributed by atoms with Crippen molar-refractivity contribution in [3.05, 3.63) is 29.3 Å². The van der Waals surface area contributed by atoms with Gasteiger partial charge in [-0.1, -0.05) is 6.07 Å². The molecule has 0 amide bonds. The molecule has 1 aliphatic carbocycles. The van der Waals surface area contributed by atoms with E-state index in [2.05, 4.69) is 42.4 Å². The third-order valence-electron chi connectivity index (χ3n) is 3.36. The van der Waals surface area contributed by atoms with Crippen LogP contribution in [0.5, 0.6) is 0 Å². The Balaban J connectivity index is 2.06. The summed E-state index contributed by atoms with van der Waals surface area (Å²) in [5.41, 5.74) is 4.13. The molecule has 0 atom stereocenters. The second kappa shape index (κ2) is 4.88. The first-order valence-corrected chi connectivity index (χ1v) is 6.16. The van der Waals surface area contributed by atoms with E-state index in [-0.39, 0.29) is 0 Å². The second-order valence-corrected chi connectivity index (χ2v) is 4.97. The number of rotatable bonds is 5. The summed E-state index contributed by atoms with van der Waals surface area (Å²) in [6.07, 6.45) is 2.84. The molecule has 1 aromatic carbocycles. The molecule has 0 bridgehead atoms. The van der Waals surface area contributed by atoms with Crippen LogP contribution in [0.4, 0.5) is 5.69 Å². The zero-order chi connectivity index (χ0) is 11.5. The van der Waals surface area contributed by atoms with Crippen LogP contribution in [0.1, 0.15) is 24.0 Å². The molecule has 1 aliphatic rings. The smallest absolute Gasteiger partial charge is 0.0366 e. The molecule has 0 radical (unpaired) electrons. The van der Waals surface area contributed by atoms with Gasteiger partial charge in [0.1, 0.15) is 0 Å². The van der Waals surface area contributed by atoms with Gasteiger partial charge in [0.25, 0.3) is 0 Å². The van der Waals surface area contributed by atoms with Crippen LogP contribution in [0, 0.1) is 12.8 Å². The minimum absolute atomic E-state index is 0.947. The van der Waals surface area contributed by atoms with E-state index in [0.717, 1.165) is 12.5 Å². The highest BCUT2D eigenvalue weighted by atomic mass is 15.1. The lowest BCUT2D eigenvalue weighted by molar-refractivity contribution is 0.784. The number of aryl methyl sites for hydroxylation is 1. The summed E-state index contributed by atoms with van der Waals surface area (Å²) in [5, 5.41) is 3.20. The molecule has 2 heteroatoms. The molecular formula is C14H22N2. The summed E-state index contributed by atoms with van der Waals surface area (Å²) in [4.78, 5) is 2.38. The Kier molecular flexibility index (Phi) is 3.49. The van der Waals surface area contributed by atoms with Crippen molar-refractivity contribution >= 4 is 5.69 Å². The highest BCUT2D eigenvalue weighted by Gasteiger charge is 2.22. The Labute approximate surface area is 98.7 Å². The summed E-state index contributed by atoms with van der Waals surface area (Å²) >= 11 is 0. The number of benzene rings is 1. The molecule has 2 rings (SSSR count). The fourth-order valence-electron chi connectivity index (χ4n) is 2.10. The van der Waals surface area contributed by atoms with E-state index >= 15 is 0 Å². The van der Waals surface area contributed by atoms with Gasteiger partial charge >= 0.3 is 0 Å². The van der Waals surface area contributed by atoms with Gasteiger partial charge in [-0.3, -0.25) is 0 Å². The summed E-state index contributed by atoms with van der Waals surface area (Å²) in [6.45, 7) is 4.37. The van der Waals surface area contributed by atoms with Crippen molar-refractivity contribution in [2.75, 3.05) is 25.5 Å². The summed E-state index contributed by atoms with van der Waals surface area (Å²) in [5.74, 6) is 0.947. The van der Waals surface area contributed by atoms with Crippen LogP contribution in [0.25, 0.3) is 0 Å². The third-order valence-corrected chi connectivity index (χ3v) is 3.36. The van der Waals surface area contributed by atoms with Gasteiger partial charge in [-0.05, 0) is 56.0 Å². The molecule has 16 heavy (non-hydrogen) atoms. The van der Waals surface area contributed by atoms with Gasteiger partial charge in [0.05, 0.1) is 0 Å². The maximum Gasteiger partial charge on any atom is 0.0366 e. The average molecular weight is 218 g/mol. The lowest BCUT2D eigenvalue weighted by Crippen LogP contribution is -2.20. The molecule has 1 N–H and O–H groups in total. The van der Waals surface area contributed by atoms with Crippen LogP contribution in [0.2, 0.25) is 0 Å². The first kappa shape index (κ1) is 11.5. The van der Waals surface area contributed by atoms with Crippen molar-refractivity contribution in [1.82, 2.24) is 5.32 Å². The molecule has 0 spiro atoms. The molecule has 1 saturated carbocycles. The van der Waals surface area contributed by atoms with Gasteiger partial charge in [0.15, 0.2) is 0 Å². The van der Waals surface area contributed by atoms with E-state index in [1.165, 1.54) is 36.2 Å². The van der Waals surface area contributed by atoms with Crippen LogP contribution < -0.4 is 10.2 Å². The number of hydrogen-bond acceptors (Lipinski definition) is 2. The molecule has 0 heterocycles. The minimum Gasteiger partial charge on any atom is -0.374 e. The zero-order valence-corrected chi connectivity index (χ0v) is 10.6. The largest absolute Gasteiger partial charge is 0.374 e. The summed E-state index contributed by atoms with van der Waals surface area (Å²) in [7, 11) is 4.19. The fourth-order valence-corrected chi connectivity index (χ4v) is 2.10. The monoisotopic (exact) mass is 218 g/mol. The Bertz CT molecular complexity index is 356. The lowest BCUT2D eigenvalue weighted by Gasteiger charge is -2.20. The summed E-state index contributed by atoms with van der Waals surface area (Å²) < 4.78 is 0. The van der Waals surface area contributed by atoms with E-state index in [1.807, 2.05) is 7.05 Å². The topological polar surface area (TPSA) is 15.3 Å². The van der Waals surface area contributed by atoms with Crippen LogP contribution >= 0.6 is 0 Å². The quantitative estimate of drug-likeness (QED) is 0.817. The van der Waals surface area contributed by atoms with Crippen LogP contribution in [-0.2, 0) is 6.54 Å². The van der Waals surface area contributed by atoms with Crippen LogP contribution in [0.3, 0.4) is 0 Å². The van der Waals surface area contributed by atoms with E-state index in [4.69, 9.17) is 0 Å². The van der Waals surface area contributed by atoms with Gasteiger partial charge in [-0.25, -0.2) is 0 Å². The number of nitrogens with one attached hydrogen (secondary N) is 1. The van der Waals surface area contributed by atoms with E-state index in [0.29, 0.717) is 0 Å². The Morgan fingerprint density at radius 1 is 1.38 bits per heavy atom. The molecule has 1 aromatic rings. The molecule has 0 aromatic heterocycles. The maximum atomic E-state index is 3.20. The average Bonchev–Trinajstić information content (AvgIpc) is 3.05. The van der Waals surface area contributed by atoms with Crippen molar-refractivity contribution in [2.24, 2.45) is 5.92 Å². The number of anilines is 1. The van der Waals surface area contributed by atoms with Crippen molar-refractivity contribution in [1.29, 1.82) is 0 Å². The predicted molar refractivity (Wildman–Crippen MR) is 69.9 cm³/mol. The maximum absolute atomic E-state index is 3.20. The van der Waals surface area contributed by atoms with Crippen molar-refractivity contribution in [3.8, 4) is 0 Å². The normalized spacial score (nSPS) is 15.2. The highest BCUT2D eigenvalue weighted by molar-refractivity contribution is 5.50. The molecule has 0 unspecified atom stereocenters. The highest BCUT2D eigenvalue weighted by Crippen LogP contribution is 2.31. The van der Waals surface area contributed by atoms with E-state index in [1.54, 1.807) is 0 Å². The SMILES string of the molecule is CNCc1ccc(N(C)CC2CC2)cc1C. The van der Waals surface area contributed by atoms with Gasteiger partial charge in [0.2, 0.25) is 0 Å². The zero-order valence-electron chi connectivity index (χ0n) is 10.6. The molecule has 1 fully saturated rings. The molecule has 0 aliphatic heterocycles. The Morgan fingerprint density at radius 2 is 2.12 bits per heavy atom. The summed E-state index contributed by atoms with van der Waals surface area (Å²) in [6, 6.07) is 6.78. The molecule has 2 nitrogen and oxygen atoms in total. The van der Waals surface area contributed by atoms with Gasteiger partial charge in [0, 0.05) is 25.8 Å². The van der Waals surface area contributed by atoms with Gasteiger partial charge in [-0.15, -0.1) is 0 Å². The van der Waals surface area contributed by atoms with Crippen molar-refractivity contribution < 1.29 is 0 Å². The second-order valence-electron chi connectivity index (χ2n) is 4.97. The first-order chi connectivity index (χ1) is 7.70. The molecular weight excluding hydrogens is 196 g/mol. The van der Waals surface area contributed by atoms with E-state index < -0.39 is 0 Å². The molecule has 88 valence electrons. The number of hydrogen-bond donors (Lipinski definition) is 1. The van der Waals surface area contributed by atoms with Crippen molar-refractivity contribution in [3.63, 3.8) is 0 Å². The number of nitrogens with zero attached hydrogens (tertiary/aromatic N) is 1. The Morgan fingerprint density at radius 3 is 2.69 bits per heavy atom. The molecule has 0 saturated heterocycles. The van der Waals surface area contributed by atoms with Gasteiger partial charge < -0.3 is 10.2 Å². The van der Waals surface area contributed by atoms with Crippen LogP contribution in [0.15, 0.2) is 18.2 Å². The standard InChI is InChI=1S/C14H22N2/c1-11-8-14(7-6-13(11)9-15-2)16(3)10-12-4-5-12/h6-8,12,15H,4-5,9-10H2,1-3H3. The fraction of sp³-hybridized carbons (Fsp3) is 0.571. The van der Waals surface area contributed by atoms with Crippen molar-refractivity contribution in [2.45, 2.75) is 26.3 Å². The lowest BCUT2D eigenvalue weighted by atomic mass is 10.1. The van der Waals surface area contributed by atoms with Gasteiger partial charge in [-0.2, -0.15) is 0 Å². The van der Waals surface area contributed by atoms with Crippen LogP contribution in [-0.4, -0.2) is 20.6 Å².